The van der Waals surface area contributed by atoms with Gasteiger partial charge in [0.05, 0.1) is 16.9 Å². The molecule has 3 rings (SSSR count). The van der Waals surface area contributed by atoms with Gasteiger partial charge >= 0.3 is 0 Å². The highest BCUT2D eigenvalue weighted by atomic mass is 19.1. The topological polar surface area (TPSA) is 15.3 Å². The van der Waals surface area contributed by atoms with Crippen molar-refractivity contribution >= 4 is 11.4 Å². The Morgan fingerprint density at radius 1 is 1.35 bits per heavy atom. The molecule has 1 aliphatic heterocycles. The van der Waals surface area contributed by atoms with Crippen molar-refractivity contribution in [3.8, 4) is 0 Å². The van der Waals surface area contributed by atoms with Crippen LogP contribution in [0.2, 0.25) is 0 Å². The Morgan fingerprint density at radius 2 is 2.12 bits per heavy atom. The third-order valence-corrected chi connectivity index (χ3v) is 4.29. The third-order valence-electron chi connectivity index (χ3n) is 4.29. The first kappa shape index (κ1) is 10.9. The summed E-state index contributed by atoms with van der Waals surface area (Å²) in [6, 6.07) is 5.32. The predicted molar refractivity (Wildman–Crippen MR) is 69.1 cm³/mol. The minimum atomic E-state index is -0.0946. The summed E-state index contributed by atoms with van der Waals surface area (Å²) in [6.45, 7) is 3.97. The van der Waals surface area contributed by atoms with Crippen molar-refractivity contribution < 1.29 is 4.39 Å². The van der Waals surface area contributed by atoms with Crippen LogP contribution in [0.1, 0.15) is 32.6 Å². The van der Waals surface area contributed by atoms with Crippen LogP contribution in [0, 0.1) is 5.82 Å². The number of rotatable bonds is 1. The van der Waals surface area contributed by atoms with E-state index in [4.69, 9.17) is 0 Å². The van der Waals surface area contributed by atoms with Gasteiger partial charge in [0.25, 0.3) is 0 Å². The maximum atomic E-state index is 14.1. The standard InChI is InChI=1S/C14H19FN2/c1-2-17-13-11(15)6-5-7-12(13)16-10-14(17)8-3-4-9-14/h5-7,16H,2-4,8-10H2,1H3. The molecule has 1 N–H and O–H groups in total. The van der Waals surface area contributed by atoms with E-state index in [1.807, 2.05) is 6.07 Å². The quantitative estimate of drug-likeness (QED) is 0.801. The summed E-state index contributed by atoms with van der Waals surface area (Å²) >= 11 is 0. The second-order valence-corrected chi connectivity index (χ2v) is 5.17. The van der Waals surface area contributed by atoms with Crippen LogP contribution in [0.25, 0.3) is 0 Å². The summed E-state index contributed by atoms with van der Waals surface area (Å²) in [7, 11) is 0. The van der Waals surface area contributed by atoms with Gasteiger partial charge in [0.15, 0.2) is 0 Å². The molecule has 1 saturated carbocycles. The molecule has 1 spiro atoms. The molecule has 92 valence electrons. The summed E-state index contributed by atoms with van der Waals surface area (Å²) in [5.41, 5.74) is 1.89. The number of nitrogens with one attached hydrogen (secondary N) is 1. The van der Waals surface area contributed by atoms with E-state index in [-0.39, 0.29) is 11.4 Å². The van der Waals surface area contributed by atoms with Crippen molar-refractivity contribution in [1.82, 2.24) is 0 Å². The minimum absolute atomic E-state index is 0.0946. The van der Waals surface area contributed by atoms with E-state index in [2.05, 4.69) is 17.1 Å². The molecule has 0 radical (unpaired) electrons. The zero-order chi connectivity index (χ0) is 11.9. The van der Waals surface area contributed by atoms with E-state index in [9.17, 15) is 4.39 Å². The summed E-state index contributed by atoms with van der Waals surface area (Å²) < 4.78 is 14.1. The fraction of sp³-hybridized carbons (Fsp3) is 0.571. The van der Waals surface area contributed by atoms with Gasteiger partial charge in [-0.05, 0) is 31.9 Å². The molecule has 2 nitrogen and oxygen atoms in total. The van der Waals surface area contributed by atoms with Gasteiger partial charge in [-0.3, -0.25) is 0 Å². The summed E-state index contributed by atoms with van der Waals surface area (Å²) in [5, 5.41) is 3.42. The number of benzene rings is 1. The second kappa shape index (κ2) is 3.90. The number of para-hydroxylation sites is 1. The monoisotopic (exact) mass is 234 g/mol. The van der Waals surface area contributed by atoms with Crippen LogP contribution >= 0.6 is 0 Å². The molecule has 0 atom stereocenters. The molecule has 0 aromatic heterocycles. The fourth-order valence-corrected chi connectivity index (χ4v) is 3.50. The Kier molecular flexibility index (Phi) is 2.49. The van der Waals surface area contributed by atoms with Crippen LogP contribution in [-0.2, 0) is 0 Å². The lowest BCUT2D eigenvalue weighted by Crippen LogP contribution is -2.55. The van der Waals surface area contributed by atoms with Crippen LogP contribution in [0.15, 0.2) is 18.2 Å². The van der Waals surface area contributed by atoms with Crippen LogP contribution in [0.3, 0.4) is 0 Å². The Morgan fingerprint density at radius 3 is 2.82 bits per heavy atom. The van der Waals surface area contributed by atoms with Crippen LogP contribution in [0.4, 0.5) is 15.8 Å². The van der Waals surface area contributed by atoms with E-state index in [1.165, 1.54) is 25.7 Å². The Balaban J connectivity index is 2.09. The number of halogens is 1. The van der Waals surface area contributed by atoms with Crippen molar-refractivity contribution in [2.24, 2.45) is 0 Å². The molecule has 2 aliphatic rings. The normalized spacial score (nSPS) is 21.4. The highest BCUT2D eigenvalue weighted by Crippen LogP contribution is 2.45. The Hall–Kier alpha value is -1.25. The SMILES string of the molecule is CCN1c2c(F)cccc2NCC12CCCC2. The van der Waals surface area contributed by atoms with Crippen LogP contribution in [-0.4, -0.2) is 18.6 Å². The molecular formula is C14H19FN2. The van der Waals surface area contributed by atoms with Gasteiger partial charge in [-0.25, -0.2) is 4.39 Å². The summed E-state index contributed by atoms with van der Waals surface area (Å²) in [4.78, 5) is 2.29. The van der Waals surface area contributed by atoms with E-state index in [1.54, 1.807) is 12.1 Å². The first-order valence-corrected chi connectivity index (χ1v) is 6.57. The molecule has 17 heavy (non-hydrogen) atoms. The highest BCUT2D eigenvalue weighted by molar-refractivity contribution is 5.74. The van der Waals surface area contributed by atoms with Gasteiger partial charge < -0.3 is 10.2 Å². The molecule has 0 bridgehead atoms. The third kappa shape index (κ3) is 1.52. The van der Waals surface area contributed by atoms with E-state index < -0.39 is 0 Å². The summed E-state index contributed by atoms with van der Waals surface area (Å²) in [6.07, 6.45) is 4.90. The summed E-state index contributed by atoms with van der Waals surface area (Å²) in [5.74, 6) is -0.0946. The van der Waals surface area contributed by atoms with Crippen molar-refractivity contribution in [2.75, 3.05) is 23.3 Å². The highest BCUT2D eigenvalue weighted by Gasteiger charge is 2.43. The molecule has 3 heteroatoms. The lowest BCUT2D eigenvalue weighted by Gasteiger charge is -2.47. The maximum Gasteiger partial charge on any atom is 0.148 e. The molecule has 1 aromatic rings. The van der Waals surface area contributed by atoms with Crippen molar-refractivity contribution in [3.05, 3.63) is 24.0 Å². The number of fused-ring (bicyclic) bond motifs is 1. The molecule has 0 amide bonds. The van der Waals surface area contributed by atoms with Gasteiger partial charge in [0, 0.05) is 13.1 Å². The van der Waals surface area contributed by atoms with Crippen molar-refractivity contribution in [1.29, 1.82) is 0 Å². The van der Waals surface area contributed by atoms with Crippen molar-refractivity contribution in [2.45, 2.75) is 38.1 Å². The Labute approximate surface area is 102 Å². The number of nitrogens with zero attached hydrogens (tertiary/aromatic N) is 1. The lowest BCUT2D eigenvalue weighted by molar-refractivity contribution is 0.405. The van der Waals surface area contributed by atoms with E-state index >= 15 is 0 Å². The number of hydrogen-bond donors (Lipinski definition) is 1. The van der Waals surface area contributed by atoms with E-state index in [0.29, 0.717) is 0 Å². The molecule has 1 fully saturated rings. The number of likely N-dealkylation sites (N-methyl/N-ethyl adjacent to an activating group) is 1. The van der Waals surface area contributed by atoms with Crippen molar-refractivity contribution in [3.63, 3.8) is 0 Å². The zero-order valence-corrected chi connectivity index (χ0v) is 10.3. The first-order valence-electron chi connectivity index (χ1n) is 6.57. The average Bonchev–Trinajstić information content (AvgIpc) is 2.79. The smallest absolute Gasteiger partial charge is 0.148 e. The number of anilines is 2. The zero-order valence-electron chi connectivity index (χ0n) is 10.3. The predicted octanol–water partition coefficient (Wildman–Crippen LogP) is 3.39. The molecule has 1 heterocycles. The molecule has 0 saturated heterocycles. The largest absolute Gasteiger partial charge is 0.381 e. The second-order valence-electron chi connectivity index (χ2n) is 5.17. The first-order chi connectivity index (χ1) is 8.27. The minimum Gasteiger partial charge on any atom is -0.381 e. The van der Waals surface area contributed by atoms with Gasteiger partial charge in [-0.15, -0.1) is 0 Å². The van der Waals surface area contributed by atoms with Gasteiger partial charge in [-0.2, -0.15) is 0 Å². The lowest BCUT2D eigenvalue weighted by atomic mass is 9.91. The maximum absolute atomic E-state index is 14.1. The molecule has 0 unspecified atom stereocenters. The molecule has 1 aromatic carbocycles. The van der Waals surface area contributed by atoms with Crippen LogP contribution in [0.5, 0.6) is 0 Å². The van der Waals surface area contributed by atoms with Gasteiger partial charge in [0.1, 0.15) is 5.82 Å². The fourth-order valence-electron chi connectivity index (χ4n) is 3.50. The average molecular weight is 234 g/mol. The van der Waals surface area contributed by atoms with Gasteiger partial charge in [0.2, 0.25) is 0 Å². The molecular weight excluding hydrogens is 215 g/mol. The molecule has 1 aliphatic carbocycles. The number of hydrogen-bond acceptors (Lipinski definition) is 2. The van der Waals surface area contributed by atoms with E-state index in [0.717, 1.165) is 24.5 Å². The van der Waals surface area contributed by atoms with Gasteiger partial charge in [-0.1, -0.05) is 18.9 Å². The Bertz CT molecular complexity index is 424. The van der Waals surface area contributed by atoms with Crippen LogP contribution < -0.4 is 10.2 Å².